The topological polar surface area (TPSA) is 30.5 Å². The van der Waals surface area contributed by atoms with Crippen LogP contribution in [0.3, 0.4) is 0 Å². The number of halogens is 1. The van der Waals surface area contributed by atoms with Gasteiger partial charge in [0.15, 0.2) is 5.79 Å². The van der Waals surface area contributed by atoms with Gasteiger partial charge >= 0.3 is 0 Å². The number of rotatable bonds is 5. The van der Waals surface area contributed by atoms with Gasteiger partial charge in [0.1, 0.15) is 5.82 Å². The predicted molar refractivity (Wildman–Crippen MR) is 72.5 cm³/mol. The molecule has 1 aliphatic rings. The van der Waals surface area contributed by atoms with E-state index in [1.54, 1.807) is 0 Å². The monoisotopic (exact) mass is 267 g/mol. The van der Waals surface area contributed by atoms with Crippen LogP contribution in [0.1, 0.15) is 26.3 Å². The van der Waals surface area contributed by atoms with Crippen LogP contribution in [0.5, 0.6) is 0 Å². The van der Waals surface area contributed by atoms with E-state index in [-0.39, 0.29) is 11.9 Å². The standard InChI is InChI=1S/C15H22FNO2/c1-11(8-12-4-6-13(16)7-5-12)17-9-14-10-18-15(2,3)19-14/h4-7,11,14,17H,8-10H2,1-3H3. The number of ether oxygens (including phenoxy) is 2. The van der Waals surface area contributed by atoms with E-state index in [2.05, 4.69) is 12.2 Å². The first-order valence-electron chi connectivity index (χ1n) is 6.74. The van der Waals surface area contributed by atoms with Gasteiger partial charge in [0.05, 0.1) is 12.7 Å². The lowest BCUT2D eigenvalue weighted by Crippen LogP contribution is -2.36. The molecule has 0 amide bonds. The highest BCUT2D eigenvalue weighted by Gasteiger charge is 2.32. The Balaban J connectivity index is 1.73. The van der Waals surface area contributed by atoms with Gasteiger partial charge in [-0.2, -0.15) is 0 Å². The predicted octanol–water partition coefficient (Wildman–Crippen LogP) is 2.50. The van der Waals surface area contributed by atoms with E-state index in [4.69, 9.17) is 9.47 Å². The average molecular weight is 267 g/mol. The summed E-state index contributed by atoms with van der Waals surface area (Å²) in [4.78, 5) is 0. The third-order valence-electron chi connectivity index (χ3n) is 3.22. The van der Waals surface area contributed by atoms with Crippen LogP contribution in [0.4, 0.5) is 4.39 Å². The van der Waals surface area contributed by atoms with Crippen LogP contribution in [-0.2, 0) is 15.9 Å². The van der Waals surface area contributed by atoms with E-state index in [1.807, 2.05) is 26.0 Å². The maximum atomic E-state index is 12.8. The molecule has 4 heteroatoms. The summed E-state index contributed by atoms with van der Waals surface area (Å²) in [7, 11) is 0. The van der Waals surface area contributed by atoms with Gasteiger partial charge in [-0.25, -0.2) is 4.39 Å². The second kappa shape index (κ2) is 5.99. The summed E-state index contributed by atoms with van der Waals surface area (Å²) >= 11 is 0. The van der Waals surface area contributed by atoms with Gasteiger partial charge < -0.3 is 14.8 Å². The lowest BCUT2D eigenvalue weighted by atomic mass is 10.1. The zero-order valence-electron chi connectivity index (χ0n) is 11.8. The van der Waals surface area contributed by atoms with E-state index in [9.17, 15) is 4.39 Å². The molecule has 2 rings (SSSR count). The van der Waals surface area contributed by atoms with Crippen molar-refractivity contribution in [1.82, 2.24) is 5.32 Å². The highest BCUT2D eigenvalue weighted by molar-refractivity contribution is 5.16. The molecule has 0 bridgehead atoms. The van der Waals surface area contributed by atoms with Crippen molar-refractivity contribution in [2.24, 2.45) is 0 Å². The first kappa shape index (κ1) is 14.4. The minimum Gasteiger partial charge on any atom is -0.348 e. The maximum Gasteiger partial charge on any atom is 0.163 e. The fourth-order valence-corrected chi connectivity index (χ4v) is 2.24. The minimum absolute atomic E-state index is 0.102. The molecule has 1 fully saturated rings. The second-order valence-corrected chi connectivity index (χ2v) is 5.59. The summed E-state index contributed by atoms with van der Waals surface area (Å²) in [5.74, 6) is -0.657. The molecule has 1 heterocycles. The molecule has 1 aromatic carbocycles. The van der Waals surface area contributed by atoms with Crippen LogP contribution < -0.4 is 5.32 Å². The first-order chi connectivity index (χ1) is 8.94. The smallest absolute Gasteiger partial charge is 0.163 e. The maximum absolute atomic E-state index is 12.8. The van der Waals surface area contributed by atoms with E-state index >= 15 is 0 Å². The van der Waals surface area contributed by atoms with Crippen molar-refractivity contribution in [3.63, 3.8) is 0 Å². The van der Waals surface area contributed by atoms with Crippen molar-refractivity contribution in [2.45, 2.75) is 45.1 Å². The molecule has 1 aliphatic heterocycles. The number of benzene rings is 1. The molecule has 0 aromatic heterocycles. The van der Waals surface area contributed by atoms with Gasteiger partial charge in [-0.15, -0.1) is 0 Å². The second-order valence-electron chi connectivity index (χ2n) is 5.59. The molecule has 2 unspecified atom stereocenters. The van der Waals surface area contributed by atoms with Crippen molar-refractivity contribution in [3.05, 3.63) is 35.6 Å². The molecule has 0 radical (unpaired) electrons. The van der Waals surface area contributed by atoms with E-state index in [1.165, 1.54) is 12.1 Å². The van der Waals surface area contributed by atoms with Crippen LogP contribution in [0.2, 0.25) is 0 Å². The molecular formula is C15H22FNO2. The van der Waals surface area contributed by atoms with E-state index in [0.717, 1.165) is 18.5 Å². The summed E-state index contributed by atoms with van der Waals surface area (Å²) in [6, 6.07) is 6.96. The Kier molecular flexibility index (Phi) is 4.55. The van der Waals surface area contributed by atoms with Crippen LogP contribution in [0.15, 0.2) is 24.3 Å². The van der Waals surface area contributed by atoms with Crippen LogP contribution in [-0.4, -0.2) is 31.1 Å². The van der Waals surface area contributed by atoms with Crippen LogP contribution in [0.25, 0.3) is 0 Å². The minimum atomic E-state index is -0.466. The zero-order valence-corrected chi connectivity index (χ0v) is 11.8. The molecule has 0 aliphatic carbocycles. The van der Waals surface area contributed by atoms with E-state index < -0.39 is 5.79 Å². The molecule has 0 saturated carbocycles. The molecule has 0 spiro atoms. The summed E-state index contributed by atoms with van der Waals surface area (Å²) in [6.45, 7) is 7.36. The number of hydrogen-bond donors (Lipinski definition) is 1. The largest absolute Gasteiger partial charge is 0.348 e. The summed E-state index contributed by atoms with van der Waals surface area (Å²) in [5.41, 5.74) is 1.13. The van der Waals surface area contributed by atoms with Gasteiger partial charge in [0.25, 0.3) is 0 Å². The molecule has 106 valence electrons. The van der Waals surface area contributed by atoms with Crippen molar-refractivity contribution in [1.29, 1.82) is 0 Å². The Morgan fingerprint density at radius 1 is 1.37 bits per heavy atom. The van der Waals surface area contributed by atoms with Crippen LogP contribution >= 0.6 is 0 Å². The average Bonchev–Trinajstić information content (AvgIpc) is 2.69. The fraction of sp³-hybridized carbons (Fsp3) is 0.600. The molecule has 1 aromatic rings. The van der Waals surface area contributed by atoms with Gasteiger partial charge in [0.2, 0.25) is 0 Å². The van der Waals surface area contributed by atoms with Gasteiger partial charge in [-0.05, 0) is 44.9 Å². The lowest BCUT2D eigenvalue weighted by molar-refractivity contribution is -0.137. The van der Waals surface area contributed by atoms with Crippen LogP contribution in [0, 0.1) is 5.82 Å². The van der Waals surface area contributed by atoms with E-state index in [0.29, 0.717) is 12.6 Å². The Morgan fingerprint density at radius 2 is 2.05 bits per heavy atom. The van der Waals surface area contributed by atoms with Gasteiger partial charge in [-0.3, -0.25) is 0 Å². The highest BCUT2D eigenvalue weighted by atomic mass is 19.1. The molecule has 3 nitrogen and oxygen atoms in total. The van der Waals surface area contributed by atoms with Gasteiger partial charge in [-0.1, -0.05) is 12.1 Å². The number of hydrogen-bond acceptors (Lipinski definition) is 3. The molecule has 1 N–H and O–H groups in total. The Hall–Kier alpha value is -0.970. The summed E-state index contributed by atoms with van der Waals surface area (Å²) < 4.78 is 24.0. The van der Waals surface area contributed by atoms with Crippen molar-refractivity contribution >= 4 is 0 Å². The SMILES string of the molecule is CC(Cc1ccc(F)cc1)NCC1COC(C)(C)O1. The highest BCUT2D eigenvalue weighted by Crippen LogP contribution is 2.21. The Labute approximate surface area is 114 Å². The fourth-order valence-electron chi connectivity index (χ4n) is 2.24. The van der Waals surface area contributed by atoms with Crippen molar-refractivity contribution in [3.8, 4) is 0 Å². The number of nitrogens with one attached hydrogen (secondary N) is 1. The molecule has 2 atom stereocenters. The van der Waals surface area contributed by atoms with Gasteiger partial charge in [0, 0.05) is 12.6 Å². The zero-order chi connectivity index (χ0) is 13.9. The lowest BCUT2D eigenvalue weighted by Gasteiger charge is -2.19. The molecule has 19 heavy (non-hydrogen) atoms. The molecule has 1 saturated heterocycles. The third kappa shape index (κ3) is 4.56. The quantitative estimate of drug-likeness (QED) is 0.889. The summed E-state index contributed by atoms with van der Waals surface area (Å²) in [5, 5.41) is 3.43. The van der Waals surface area contributed by atoms with Crippen molar-refractivity contribution < 1.29 is 13.9 Å². The first-order valence-corrected chi connectivity index (χ1v) is 6.74. The van der Waals surface area contributed by atoms with Crippen molar-refractivity contribution in [2.75, 3.05) is 13.2 Å². The Morgan fingerprint density at radius 3 is 2.63 bits per heavy atom. The summed E-state index contributed by atoms with van der Waals surface area (Å²) in [6.07, 6.45) is 0.975. The Bertz CT molecular complexity index is 405. The molecular weight excluding hydrogens is 245 g/mol. The normalized spacial score (nSPS) is 23.5. The third-order valence-corrected chi connectivity index (χ3v) is 3.22.